The minimum absolute atomic E-state index is 0.428. The first kappa shape index (κ1) is 20.8. The molecular formula is C17H34O6. The van der Waals surface area contributed by atoms with E-state index in [0.29, 0.717) is 6.61 Å². The van der Waals surface area contributed by atoms with Crippen molar-refractivity contribution in [2.45, 2.75) is 95.4 Å². The smallest absolute Gasteiger partial charge is 0.186 e. The number of hydrogen-bond acceptors (Lipinski definition) is 6. The SMILES string of the molecule is CCCCCCCCCCCO[C@@H]1O[C@@H](CO)[C@@H](O)[C@@H](O)[C@@H]1O. The summed E-state index contributed by atoms with van der Waals surface area (Å²) < 4.78 is 10.7. The van der Waals surface area contributed by atoms with Crippen molar-refractivity contribution < 1.29 is 29.9 Å². The minimum Gasteiger partial charge on any atom is -0.394 e. The molecule has 23 heavy (non-hydrogen) atoms. The van der Waals surface area contributed by atoms with Crippen LogP contribution in [0.25, 0.3) is 0 Å². The fourth-order valence-electron chi connectivity index (χ4n) is 2.82. The summed E-state index contributed by atoms with van der Waals surface area (Å²) in [6, 6.07) is 0. The number of aliphatic hydroxyl groups is 4. The third kappa shape index (κ3) is 7.45. The van der Waals surface area contributed by atoms with Gasteiger partial charge in [-0.25, -0.2) is 0 Å². The lowest BCUT2D eigenvalue weighted by Gasteiger charge is -2.39. The maximum absolute atomic E-state index is 9.82. The maximum Gasteiger partial charge on any atom is 0.186 e. The average molecular weight is 334 g/mol. The molecule has 0 saturated carbocycles. The highest BCUT2D eigenvalue weighted by molar-refractivity contribution is 4.88. The number of hydrogen-bond donors (Lipinski definition) is 4. The molecule has 138 valence electrons. The molecule has 0 spiro atoms. The summed E-state index contributed by atoms with van der Waals surface area (Å²) in [7, 11) is 0. The lowest BCUT2D eigenvalue weighted by Crippen LogP contribution is -2.59. The Bertz CT molecular complexity index is 286. The van der Waals surface area contributed by atoms with Gasteiger partial charge in [0.1, 0.15) is 24.4 Å². The highest BCUT2D eigenvalue weighted by Crippen LogP contribution is 2.22. The molecule has 0 radical (unpaired) electrons. The van der Waals surface area contributed by atoms with Gasteiger partial charge in [-0.2, -0.15) is 0 Å². The maximum atomic E-state index is 9.82. The van der Waals surface area contributed by atoms with Crippen LogP contribution in [0.4, 0.5) is 0 Å². The van der Waals surface area contributed by atoms with Gasteiger partial charge < -0.3 is 29.9 Å². The van der Waals surface area contributed by atoms with E-state index in [1.807, 2.05) is 0 Å². The molecular weight excluding hydrogens is 300 g/mol. The average Bonchev–Trinajstić information content (AvgIpc) is 2.56. The standard InChI is InChI=1S/C17H34O6/c1-2-3-4-5-6-7-8-9-10-11-22-17-16(21)15(20)14(19)13(12-18)23-17/h13-21H,2-12H2,1H3/t13-,14+,15+,16-,17+/m0/s1. The molecule has 6 heteroatoms. The Kier molecular flexibility index (Phi) is 11.0. The Morgan fingerprint density at radius 1 is 0.783 bits per heavy atom. The first-order valence-corrected chi connectivity index (χ1v) is 9.04. The fourth-order valence-corrected chi connectivity index (χ4v) is 2.82. The molecule has 1 rings (SSSR count). The molecule has 1 aliphatic rings. The van der Waals surface area contributed by atoms with Gasteiger partial charge in [0.25, 0.3) is 0 Å². The molecule has 0 bridgehead atoms. The molecule has 1 fully saturated rings. The van der Waals surface area contributed by atoms with Crippen molar-refractivity contribution in [3.8, 4) is 0 Å². The normalized spacial score (nSPS) is 31.4. The van der Waals surface area contributed by atoms with E-state index >= 15 is 0 Å². The van der Waals surface area contributed by atoms with E-state index in [4.69, 9.17) is 14.6 Å². The molecule has 1 aliphatic heterocycles. The van der Waals surface area contributed by atoms with E-state index < -0.39 is 37.3 Å². The van der Waals surface area contributed by atoms with Crippen LogP contribution in [-0.4, -0.2) is 64.3 Å². The molecule has 5 atom stereocenters. The van der Waals surface area contributed by atoms with Gasteiger partial charge >= 0.3 is 0 Å². The van der Waals surface area contributed by atoms with E-state index in [9.17, 15) is 15.3 Å². The van der Waals surface area contributed by atoms with Gasteiger partial charge in [-0.1, -0.05) is 58.3 Å². The van der Waals surface area contributed by atoms with E-state index in [-0.39, 0.29) is 0 Å². The molecule has 1 heterocycles. The molecule has 0 aromatic carbocycles. The van der Waals surface area contributed by atoms with E-state index in [1.165, 1.54) is 44.9 Å². The second kappa shape index (κ2) is 12.2. The zero-order valence-corrected chi connectivity index (χ0v) is 14.3. The van der Waals surface area contributed by atoms with Gasteiger partial charge in [0.15, 0.2) is 6.29 Å². The first-order chi connectivity index (χ1) is 11.1. The van der Waals surface area contributed by atoms with Crippen LogP contribution < -0.4 is 0 Å². The Morgan fingerprint density at radius 2 is 1.35 bits per heavy atom. The summed E-state index contributed by atoms with van der Waals surface area (Å²) >= 11 is 0. The molecule has 1 saturated heterocycles. The fraction of sp³-hybridized carbons (Fsp3) is 1.00. The number of unbranched alkanes of at least 4 members (excludes halogenated alkanes) is 8. The van der Waals surface area contributed by atoms with Crippen molar-refractivity contribution in [2.75, 3.05) is 13.2 Å². The van der Waals surface area contributed by atoms with Gasteiger partial charge in [-0.15, -0.1) is 0 Å². The predicted molar refractivity (Wildman–Crippen MR) is 86.9 cm³/mol. The van der Waals surface area contributed by atoms with Crippen LogP contribution >= 0.6 is 0 Å². The van der Waals surface area contributed by atoms with Crippen molar-refractivity contribution >= 4 is 0 Å². The Balaban J connectivity index is 2.06. The van der Waals surface area contributed by atoms with Crippen LogP contribution in [0.5, 0.6) is 0 Å². The largest absolute Gasteiger partial charge is 0.394 e. The van der Waals surface area contributed by atoms with Crippen molar-refractivity contribution in [1.82, 2.24) is 0 Å². The minimum atomic E-state index is -1.37. The highest BCUT2D eigenvalue weighted by atomic mass is 16.7. The summed E-state index contributed by atoms with van der Waals surface area (Å²) in [4.78, 5) is 0. The van der Waals surface area contributed by atoms with Crippen molar-refractivity contribution in [2.24, 2.45) is 0 Å². The van der Waals surface area contributed by atoms with E-state index in [0.717, 1.165) is 12.8 Å². The van der Waals surface area contributed by atoms with Crippen LogP contribution in [0, 0.1) is 0 Å². The second-order valence-corrected chi connectivity index (χ2v) is 6.40. The molecule has 0 amide bonds. The second-order valence-electron chi connectivity index (χ2n) is 6.40. The van der Waals surface area contributed by atoms with Gasteiger partial charge in [0.2, 0.25) is 0 Å². The van der Waals surface area contributed by atoms with Crippen molar-refractivity contribution in [1.29, 1.82) is 0 Å². The number of ether oxygens (including phenoxy) is 2. The lowest BCUT2D eigenvalue weighted by molar-refractivity contribution is -0.301. The molecule has 0 unspecified atom stereocenters. The summed E-state index contributed by atoms with van der Waals surface area (Å²) in [5, 5.41) is 38.2. The van der Waals surface area contributed by atoms with Gasteiger partial charge in [-0.05, 0) is 6.42 Å². The summed E-state index contributed by atoms with van der Waals surface area (Å²) in [6.45, 7) is 2.22. The van der Waals surface area contributed by atoms with Crippen molar-refractivity contribution in [3.63, 3.8) is 0 Å². The third-order valence-electron chi connectivity index (χ3n) is 4.38. The van der Waals surface area contributed by atoms with Gasteiger partial charge in [0.05, 0.1) is 6.61 Å². The summed E-state index contributed by atoms with van der Waals surface area (Å²) in [5.74, 6) is 0. The zero-order chi connectivity index (χ0) is 17.1. The Morgan fingerprint density at radius 3 is 1.91 bits per heavy atom. The van der Waals surface area contributed by atoms with Crippen LogP contribution in [0.15, 0.2) is 0 Å². The zero-order valence-electron chi connectivity index (χ0n) is 14.3. The summed E-state index contributed by atoms with van der Waals surface area (Å²) in [5.41, 5.74) is 0. The van der Waals surface area contributed by atoms with Gasteiger partial charge in [0, 0.05) is 6.61 Å². The van der Waals surface area contributed by atoms with Crippen LogP contribution in [0.2, 0.25) is 0 Å². The Labute approximate surface area is 139 Å². The highest BCUT2D eigenvalue weighted by Gasteiger charge is 2.43. The molecule has 6 nitrogen and oxygen atoms in total. The summed E-state index contributed by atoms with van der Waals surface area (Å²) in [6.07, 6.45) is 4.97. The Hall–Kier alpha value is -0.240. The quantitative estimate of drug-likeness (QED) is 0.402. The van der Waals surface area contributed by atoms with Crippen molar-refractivity contribution in [3.05, 3.63) is 0 Å². The first-order valence-electron chi connectivity index (χ1n) is 9.04. The molecule has 0 aromatic rings. The van der Waals surface area contributed by atoms with Gasteiger partial charge in [-0.3, -0.25) is 0 Å². The lowest BCUT2D eigenvalue weighted by atomic mass is 9.99. The predicted octanol–water partition coefficient (Wildman–Crippen LogP) is 1.33. The monoisotopic (exact) mass is 334 g/mol. The number of aliphatic hydroxyl groups excluding tert-OH is 4. The van der Waals surface area contributed by atoms with E-state index in [2.05, 4.69) is 6.92 Å². The number of rotatable bonds is 12. The molecule has 4 N–H and O–H groups in total. The molecule has 0 aliphatic carbocycles. The topological polar surface area (TPSA) is 99.4 Å². The van der Waals surface area contributed by atoms with Crippen LogP contribution in [0.1, 0.15) is 64.7 Å². The van der Waals surface area contributed by atoms with Crippen LogP contribution in [-0.2, 0) is 9.47 Å². The van der Waals surface area contributed by atoms with Crippen LogP contribution in [0.3, 0.4) is 0 Å². The molecule has 0 aromatic heterocycles. The third-order valence-corrected chi connectivity index (χ3v) is 4.38. The van der Waals surface area contributed by atoms with E-state index in [1.54, 1.807) is 0 Å².